The highest BCUT2D eigenvalue weighted by Crippen LogP contribution is 2.25. The predicted octanol–water partition coefficient (Wildman–Crippen LogP) is 4.22. The number of halogens is 1. The summed E-state index contributed by atoms with van der Waals surface area (Å²) >= 11 is 6.04. The first-order valence-electron chi connectivity index (χ1n) is 6.57. The van der Waals surface area contributed by atoms with Crippen LogP contribution >= 0.6 is 11.6 Å². The lowest BCUT2D eigenvalue weighted by molar-refractivity contribution is -0.114. The van der Waals surface area contributed by atoms with Crippen LogP contribution in [0.2, 0.25) is 5.02 Å². The van der Waals surface area contributed by atoms with Crippen molar-refractivity contribution in [3.8, 4) is 5.75 Å². The van der Waals surface area contributed by atoms with Gasteiger partial charge in [0, 0.05) is 12.6 Å². The van der Waals surface area contributed by atoms with Crippen molar-refractivity contribution in [3.05, 3.63) is 53.1 Å². The first-order chi connectivity index (χ1) is 10.5. The first kappa shape index (κ1) is 15.9. The molecule has 2 aromatic carbocycles. The van der Waals surface area contributed by atoms with Crippen LogP contribution in [0.15, 0.2) is 42.5 Å². The summed E-state index contributed by atoms with van der Waals surface area (Å²) < 4.78 is 5.17. The van der Waals surface area contributed by atoms with Crippen molar-refractivity contribution in [2.24, 2.45) is 0 Å². The molecule has 0 aromatic heterocycles. The molecule has 0 spiro atoms. The minimum absolute atomic E-state index is 0.166. The normalized spacial score (nSPS) is 9.95. The third-order valence-corrected chi connectivity index (χ3v) is 3.15. The molecular weight excluding hydrogens is 304 g/mol. The first-order valence-corrected chi connectivity index (χ1v) is 6.95. The van der Waals surface area contributed by atoms with Crippen molar-refractivity contribution in [2.45, 2.75) is 13.8 Å². The topological polar surface area (TPSA) is 67.4 Å². The van der Waals surface area contributed by atoms with Crippen molar-refractivity contribution in [1.29, 1.82) is 0 Å². The Labute approximate surface area is 133 Å². The largest absolute Gasteiger partial charge is 0.417 e. The predicted molar refractivity (Wildman–Crippen MR) is 86.6 cm³/mol. The molecule has 0 heterocycles. The van der Waals surface area contributed by atoms with Gasteiger partial charge in [0.15, 0.2) is 0 Å². The molecule has 0 fully saturated rings. The third-order valence-electron chi connectivity index (χ3n) is 2.83. The Hall–Kier alpha value is -2.53. The summed E-state index contributed by atoms with van der Waals surface area (Å²) in [6.45, 7) is 3.26. The molecule has 114 valence electrons. The highest BCUT2D eigenvalue weighted by Gasteiger charge is 2.10. The van der Waals surface area contributed by atoms with E-state index >= 15 is 0 Å². The molecular formula is C16H15ClN2O3. The Bertz CT molecular complexity index is 679. The maximum absolute atomic E-state index is 11.9. The lowest BCUT2D eigenvalue weighted by atomic mass is 10.2. The van der Waals surface area contributed by atoms with Gasteiger partial charge in [-0.25, -0.2) is 4.79 Å². The Morgan fingerprint density at radius 1 is 1.05 bits per heavy atom. The van der Waals surface area contributed by atoms with Gasteiger partial charge in [-0.15, -0.1) is 0 Å². The number of nitrogens with one attached hydrogen (secondary N) is 2. The van der Waals surface area contributed by atoms with E-state index in [0.29, 0.717) is 22.1 Å². The minimum atomic E-state index is -0.636. The average molecular weight is 319 g/mol. The van der Waals surface area contributed by atoms with Crippen molar-refractivity contribution in [2.75, 3.05) is 10.6 Å². The maximum Gasteiger partial charge on any atom is 0.417 e. The van der Waals surface area contributed by atoms with Gasteiger partial charge in [-0.3, -0.25) is 10.1 Å². The molecule has 0 aliphatic carbocycles. The number of hydrogen-bond donors (Lipinski definition) is 2. The van der Waals surface area contributed by atoms with E-state index < -0.39 is 6.09 Å². The van der Waals surface area contributed by atoms with Gasteiger partial charge in [0.25, 0.3) is 0 Å². The fourth-order valence-corrected chi connectivity index (χ4v) is 2.10. The van der Waals surface area contributed by atoms with Crippen LogP contribution in [-0.4, -0.2) is 12.0 Å². The Morgan fingerprint density at radius 2 is 1.73 bits per heavy atom. The van der Waals surface area contributed by atoms with Gasteiger partial charge in [-0.1, -0.05) is 23.7 Å². The van der Waals surface area contributed by atoms with Crippen LogP contribution in [0.25, 0.3) is 0 Å². The summed E-state index contributed by atoms with van der Waals surface area (Å²) in [6, 6.07) is 11.8. The molecule has 0 saturated carbocycles. The molecule has 2 aromatic rings. The smallest absolute Gasteiger partial charge is 0.410 e. The van der Waals surface area contributed by atoms with Crippen LogP contribution in [0.5, 0.6) is 5.75 Å². The zero-order valence-electron chi connectivity index (χ0n) is 12.1. The van der Waals surface area contributed by atoms with Crippen LogP contribution in [-0.2, 0) is 4.79 Å². The quantitative estimate of drug-likeness (QED) is 0.890. The van der Waals surface area contributed by atoms with Gasteiger partial charge in [-0.05, 0) is 42.8 Å². The Morgan fingerprint density at radius 3 is 2.32 bits per heavy atom. The van der Waals surface area contributed by atoms with Crippen molar-refractivity contribution >= 4 is 35.0 Å². The molecule has 2 amide bonds. The van der Waals surface area contributed by atoms with Gasteiger partial charge in [0.05, 0.1) is 10.7 Å². The van der Waals surface area contributed by atoms with E-state index in [2.05, 4.69) is 10.6 Å². The summed E-state index contributed by atoms with van der Waals surface area (Å²) in [4.78, 5) is 22.8. The molecule has 0 aliphatic heterocycles. The molecule has 0 atom stereocenters. The number of carbonyl (C=O) groups excluding carboxylic acids is 2. The van der Waals surface area contributed by atoms with Crippen molar-refractivity contribution in [3.63, 3.8) is 0 Å². The number of anilines is 2. The van der Waals surface area contributed by atoms with Crippen LogP contribution in [0, 0.1) is 6.92 Å². The summed E-state index contributed by atoms with van der Waals surface area (Å²) in [5, 5.41) is 5.68. The summed E-state index contributed by atoms with van der Waals surface area (Å²) in [6.07, 6.45) is -0.636. The highest BCUT2D eigenvalue weighted by atomic mass is 35.5. The van der Waals surface area contributed by atoms with Gasteiger partial charge in [-0.2, -0.15) is 0 Å². The molecule has 0 unspecified atom stereocenters. The van der Waals surface area contributed by atoms with Gasteiger partial charge in [0.2, 0.25) is 5.91 Å². The van der Waals surface area contributed by atoms with Gasteiger partial charge in [0.1, 0.15) is 5.75 Å². The number of amides is 2. The molecule has 22 heavy (non-hydrogen) atoms. The van der Waals surface area contributed by atoms with Crippen LogP contribution in [0.1, 0.15) is 12.5 Å². The van der Waals surface area contributed by atoms with Crippen LogP contribution in [0.3, 0.4) is 0 Å². The van der Waals surface area contributed by atoms with Crippen molar-refractivity contribution < 1.29 is 14.3 Å². The van der Waals surface area contributed by atoms with E-state index in [4.69, 9.17) is 16.3 Å². The standard InChI is InChI=1S/C16H15ClN2O3/c1-10-4-3-5-14(17)15(10)19-16(21)22-13-8-6-12(7-9-13)18-11(2)20/h3-9H,1-2H3,(H,18,20)(H,19,21). The highest BCUT2D eigenvalue weighted by molar-refractivity contribution is 6.33. The summed E-state index contributed by atoms with van der Waals surface area (Å²) in [5.74, 6) is 0.192. The van der Waals surface area contributed by atoms with Gasteiger partial charge < -0.3 is 10.1 Å². The molecule has 2 rings (SSSR count). The third kappa shape index (κ3) is 4.23. The lowest BCUT2D eigenvalue weighted by Crippen LogP contribution is -2.17. The number of aryl methyl sites for hydroxylation is 1. The Balaban J connectivity index is 2.01. The van der Waals surface area contributed by atoms with Gasteiger partial charge >= 0.3 is 6.09 Å². The van der Waals surface area contributed by atoms with Crippen LogP contribution < -0.4 is 15.4 Å². The van der Waals surface area contributed by atoms with Crippen molar-refractivity contribution in [1.82, 2.24) is 0 Å². The fraction of sp³-hybridized carbons (Fsp3) is 0.125. The molecule has 0 radical (unpaired) electrons. The second kappa shape index (κ2) is 6.95. The van der Waals surface area contributed by atoms with Crippen LogP contribution in [0.4, 0.5) is 16.2 Å². The zero-order valence-corrected chi connectivity index (χ0v) is 12.9. The molecule has 2 N–H and O–H groups in total. The van der Waals surface area contributed by atoms with E-state index in [1.165, 1.54) is 6.92 Å². The zero-order chi connectivity index (χ0) is 16.1. The molecule has 0 bridgehead atoms. The average Bonchev–Trinajstić information content (AvgIpc) is 2.45. The summed E-state index contributed by atoms with van der Waals surface area (Å²) in [7, 11) is 0. The number of rotatable bonds is 3. The number of ether oxygens (including phenoxy) is 1. The van der Waals surface area contributed by atoms with E-state index in [-0.39, 0.29) is 5.91 Å². The monoisotopic (exact) mass is 318 g/mol. The van der Waals surface area contributed by atoms with E-state index in [9.17, 15) is 9.59 Å². The SMILES string of the molecule is CC(=O)Nc1ccc(OC(=O)Nc2c(C)cccc2Cl)cc1. The maximum atomic E-state index is 11.9. The molecule has 6 heteroatoms. The van der Waals surface area contributed by atoms with E-state index in [1.807, 2.05) is 13.0 Å². The number of carbonyl (C=O) groups is 2. The van der Waals surface area contributed by atoms with E-state index in [1.54, 1.807) is 36.4 Å². The molecule has 0 saturated heterocycles. The van der Waals surface area contributed by atoms with E-state index in [0.717, 1.165) is 5.56 Å². The molecule has 5 nitrogen and oxygen atoms in total. The second-order valence-electron chi connectivity index (χ2n) is 4.65. The summed E-state index contributed by atoms with van der Waals surface area (Å²) in [5.41, 5.74) is 1.98. The number of benzene rings is 2. The fourth-order valence-electron chi connectivity index (χ4n) is 1.83. The number of hydrogen-bond acceptors (Lipinski definition) is 3. The minimum Gasteiger partial charge on any atom is -0.410 e. The lowest BCUT2D eigenvalue weighted by Gasteiger charge is -2.11. The second-order valence-corrected chi connectivity index (χ2v) is 5.06. The molecule has 0 aliphatic rings. The Kier molecular flexibility index (Phi) is 5.01. The number of para-hydroxylation sites is 1.